The molecule has 0 aromatic carbocycles. The maximum absolute atomic E-state index is 6.00. The monoisotopic (exact) mass is 324 g/mol. The van der Waals surface area contributed by atoms with E-state index in [1.165, 1.54) is 19.4 Å². The zero-order valence-electron chi connectivity index (χ0n) is 11.1. The van der Waals surface area contributed by atoms with E-state index >= 15 is 0 Å². The molecule has 0 spiro atoms. The van der Waals surface area contributed by atoms with Gasteiger partial charge in [-0.1, -0.05) is 6.07 Å². The quantitative estimate of drug-likeness (QED) is 0.843. The molecule has 1 unspecified atom stereocenters. The smallest absolute Gasteiger partial charge is 0.129 e. The van der Waals surface area contributed by atoms with Crippen molar-refractivity contribution in [2.45, 2.75) is 31.3 Å². The highest BCUT2D eigenvalue weighted by Gasteiger charge is 2.29. The van der Waals surface area contributed by atoms with E-state index in [2.05, 4.69) is 42.8 Å². The molecule has 2 N–H and O–H groups in total. The molecule has 2 aliphatic heterocycles. The van der Waals surface area contributed by atoms with Crippen LogP contribution >= 0.6 is 15.9 Å². The number of rotatable bonds is 2. The highest BCUT2D eigenvalue weighted by Crippen LogP contribution is 2.24. The minimum absolute atomic E-state index is 0.393. The normalized spacial score (nSPS) is 26.0. The summed E-state index contributed by atoms with van der Waals surface area (Å²) in [4.78, 5) is 9.51. The zero-order valence-corrected chi connectivity index (χ0v) is 12.7. The average molecular weight is 325 g/mol. The van der Waals surface area contributed by atoms with Crippen molar-refractivity contribution in [1.82, 2.24) is 9.88 Å². The summed E-state index contributed by atoms with van der Waals surface area (Å²) < 4.78 is 0.914. The fourth-order valence-corrected chi connectivity index (χ4v) is 3.52. The Kier molecular flexibility index (Phi) is 4.05. The fraction of sp³-hybridized carbons (Fsp3) is 0.643. The van der Waals surface area contributed by atoms with Crippen molar-refractivity contribution >= 4 is 21.7 Å². The molecule has 0 saturated carbocycles. The molecular formula is C14H21BrN4. The van der Waals surface area contributed by atoms with Crippen LogP contribution in [0.4, 0.5) is 5.82 Å². The molecule has 2 saturated heterocycles. The van der Waals surface area contributed by atoms with Crippen LogP contribution in [-0.4, -0.2) is 48.1 Å². The number of nitrogens with zero attached hydrogens (tertiary/aromatic N) is 3. The van der Waals surface area contributed by atoms with Gasteiger partial charge < -0.3 is 10.6 Å². The third-order valence-electron chi connectivity index (χ3n) is 4.26. The largest absolute Gasteiger partial charge is 0.356 e. The minimum atomic E-state index is 0.393. The number of likely N-dealkylation sites (tertiary alicyclic amines) is 1. The molecule has 4 nitrogen and oxygen atoms in total. The SMILES string of the molecule is NC1CCN(C2CCN(c3cccc(Br)n3)CC2)C1. The lowest BCUT2D eigenvalue weighted by Gasteiger charge is -2.37. The van der Waals surface area contributed by atoms with Crippen molar-refractivity contribution in [3.63, 3.8) is 0 Å². The second-order valence-corrected chi connectivity index (χ2v) is 6.39. The molecule has 0 aliphatic carbocycles. The van der Waals surface area contributed by atoms with E-state index in [0.717, 1.165) is 42.5 Å². The fourth-order valence-electron chi connectivity index (χ4n) is 3.18. The van der Waals surface area contributed by atoms with Gasteiger partial charge in [0.25, 0.3) is 0 Å². The molecule has 104 valence electrons. The van der Waals surface area contributed by atoms with E-state index < -0.39 is 0 Å². The van der Waals surface area contributed by atoms with Gasteiger partial charge in [0.15, 0.2) is 0 Å². The molecule has 1 aromatic rings. The van der Waals surface area contributed by atoms with Crippen molar-refractivity contribution in [3.8, 4) is 0 Å². The van der Waals surface area contributed by atoms with E-state index in [-0.39, 0.29) is 0 Å². The number of anilines is 1. The van der Waals surface area contributed by atoms with Crippen molar-refractivity contribution in [2.75, 3.05) is 31.1 Å². The van der Waals surface area contributed by atoms with Gasteiger partial charge in [-0.05, 0) is 47.3 Å². The van der Waals surface area contributed by atoms with Crippen LogP contribution < -0.4 is 10.6 Å². The van der Waals surface area contributed by atoms with Gasteiger partial charge >= 0.3 is 0 Å². The third kappa shape index (κ3) is 3.09. The molecular weight excluding hydrogens is 304 g/mol. The summed E-state index contributed by atoms with van der Waals surface area (Å²) >= 11 is 3.44. The Balaban J connectivity index is 1.57. The number of pyridine rings is 1. The molecule has 3 rings (SSSR count). The summed E-state index contributed by atoms with van der Waals surface area (Å²) in [7, 11) is 0. The summed E-state index contributed by atoms with van der Waals surface area (Å²) in [6, 6.07) is 7.23. The summed E-state index contributed by atoms with van der Waals surface area (Å²) in [6.07, 6.45) is 3.61. The molecule has 0 amide bonds. The van der Waals surface area contributed by atoms with Gasteiger partial charge in [0.1, 0.15) is 10.4 Å². The Morgan fingerprint density at radius 1 is 1.16 bits per heavy atom. The van der Waals surface area contributed by atoms with Crippen LogP contribution in [0.25, 0.3) is 0 Å². The molecule has 1 atom stereocenters. The molecule has 0 bridgehead atoms. The van der Waals surface area contributed by atoms with Crippen LogP contribution in [0.1, 0.15) is 19.3 Å². The van der Waals surface area contributed by atoms with Gasteiger partial charge in [-0.3, -0.25) is 4.90 Å². The summed E-state index contributed by atoms with van der Waals surface area (Å²) in [5.74, 6) is 1.09. The van der Waals surface area contributed by atoms with Crippen LogP contribution in [0.3, 0.4) is 0 Å². The van der Waals surface area contributed by atoms with Crippen LogP contribution in [0, 0.1) is 0 Å². The lowest BCUT2D eigenvalue weighted by atomic mass is 10.0. The molecule has 19 heavy (non-hydrogen) atoms. The van der Waals surface area contributed by atoms with Crippen LogP contribution in [0.15, 0.2) is 22.8 Å². The Morgan fingerprint density at radius 2 is 1.95 bits per heavy atom. The molecule has 2 fully saturated rings. The molecule has 0 radical (unpaired) electrons. The van der Waals surface area contributed by atoms with Gasteiger partial charge in [-0.15, -0.1) is 0 Å². The Bertz CT molecular complexity index is 431. The van der Waals surface area contributed by atoms with Crippen LogP contribution in [0.5, 0.6) is 0 Å². The predicted octanol–water partition coefficient (Wildman–Crippen LogP) is 1.85. The number of piperidine rings is 1. The van der Waals surface area contributed by atoms with E-state index in [1.54, 1.807) is 0 Å². The minimum Gasteiger partial charge on any atom is -0.356 e. The van der Waals surface area contributed by atoms with Gasteiger partial charge in [0, 0.05) is 38.3 Å². The predicted molar refractivity (Wildman–Crippen MR) is 81.3 cm³/mol. The number of halogens is 1. The second kappa shape index (κ2) is 5.77. The average Bonchev–Trinajstić information content (AvgIpc) is 2.86. The van der Waals surface area contributed by atoms with E-state index in [4.69, 9.17) is 5.73 Å². The lowest BCUT2D eigenvalue weighted by Crippen LogP contribution is -2.45. The third-order valence-corrected chi connectivity index (χ3v) is 4.70. The number of aromatic nitrogens is 1. The highest BCUT2D eigenvalue weighted by molar-refractivity contribution is 9.10. The van der Waals surface area contributed by atoms with Crippen LogP contribution in [-0.2, 0) is 0 Å². The maximum Gasteiger partial charge on any atom is 0.129 e. The van der Waals surface area contributed by atoms with Crippen LogP contribution in [0.2, 0.25) is 0 Å². The number of nitrogens with two attached hydrogens (primary N) is 1. The van der Waals surface area contributed by atoms with Gasteiger partial charge in [0.05, 0.1) is 0 Å². The Labute approximate surface area is 123 Å². The van der Waals surface area contributed by atoms with E-state index in [9.17, 15) is 0 Å². The zero-order chi connectivity index (χ0) is 13.2. The lowest BCUT2D eigenvalue weighted by molar-refractivity contribution is 0.205. The molecule has 1 aromatic heterocycles. The summed E-state index contributed by atoms with van der Waals surface area (Å²) in [6.45, 7) is 4.46. The van der Waals surface area contributed by atoms with Crippen molar-refractivity contribution < 1.29 is 0 Å². The van der Waals surface area contributed by atoms with E-state index in [0.29, 0.717) is 6.04 Å². The maximum atomic E-state index is 6.00. The molecule has 5 heteroatoms. The second-order valence-electron chi connectivity index (χ2n) is 5.58. The standard InChI is InChI=1S/C14H21BrN4/c15-13-2-1-3-14(17-13)18-8-5-12(6-9-18)19-7-4-11(16)10-19/h1-3,11-12H,4-10,16H2. The van der Waals surface area contributed by atoms with Crippen molar-refractivity contribution in [1.29, 1.82) is 0 Å². The number of hydrogen-bond acceptors (Lipinski definition) is 4. The topological polar surface area (TPSA) is 45.4 Å². The van der Waals surface area contributed by atoms with Crippen molar-refractivity contribution in [3.05, 3.63) is 22.8 Å². The first kappa shape index (κ1) is 13.3. The first-order chi connectivity index (χ1) is 9.22. The van der Waals surface area contributed by atoms with Gasteiger partial charge in [-0.2, -0.15) is 0 Å². The van der Waals surface area contributed by atoms with Gasteiger partial charge in [-0.25, -0.2) is 4.98 Å². The Morgan fingerprint density at radius 3 is 2.58 bits per heavy atom. The highest BCUT2D eigenvalue weighted by atomic mass is 79.9. The van der Waals surface area contributed by atoms with E-state index in [1.807, 2.05) is 6.07 Å². The number of hydrogen-bond donors (Lipinski definition) is 1. The molecule has 3 heterocycles. The van der Waals surface area contributed by atoms with Crippen molar-refractivity contribution in [2.24, 2.45) is 5.73 Å². The summed E-state index contributed by atoms with van der Waals surface area (Å²) in [5, 5.41) is 0. The first-order valence-corrected chi connectivity index (χ1v) is 7.89. The van der Waals surface area contributed by atoms with Gasteiger partial charge in [0.2, 0.25) is 0 Å². The first-order valence-electron chi connectivity index (χ1n) is 7.09. The molecule has 2 aliphatic rings. The Hall–Kier alpha value is -0.650. The summed E-state index contributed by atoms with van der Waals surface area (Å²) in [5.41, 5.74) is 6.00.